The van der Waals surface area contributed by atoms with Crippen LogP contribution in [0.25, 0.3) is 0 Å². The molecule has 10 heteroatoms. The predicted molar refractivity (Wildman–Crippen MR) is 96.3 cm³/mol. The lowest BCUT2D eigenvalue weighted by molar-refractivity contribution is -0.132. The number of nitrogens with one attached hydrogen (secondary N) is 2. The summed E-state index contributed by atoms with van der Waals surface area (Å²) in [5, 5.41) is 9.15. The summed E-state index contributed by atoms with van der Waals surface area (Å²) < 4.78 is 4.83. The van der Waals surface area contributed by atoms with E-state index in [0.717, 1.165) is 0 Å². The van der Waals surface area contributed by atoms with Crippen LogP contribution in [0.2, 0.25) is 10.0 Å². The third-order valence-electron chi connectivity index (χ3n) is 3.28. The maximum Gasteiger partial charge on any atom is 0.251 e. The van der Waals surface area contributed by atoms with E-state index in [0.29, 0.717) is 10.8 Å². The van der Waals surface area contributed by atoms with Crippen molar-refractivity contribution in [2.45, 2.75) is 6.92 Å². The molecule has 2 N–H and O–H groups in total. The van der Waals surface area contributed by atoms with Crippen molar-refractivity contribution in [3.05, 3.63) is 45.6 Å². The molecule has 1 aromatic heterocycles. The molecule has 26 heavy (non-hydrogen) atoms. The zero-order chi connectivity index (χ0) is 19.3. The molecule has 0 fully saturated rings. The molecule has 0 atom stereocenters. The average Bonchev–Trinajstić information content (AvgIpc) is 2.99. The summed E-state index contributed by atoms with van der Waals surface area (Å²) in [4.78, 5) is 37.1. The average molecular weight is 399 g/mol. The van der Waals surface area contributed by atoms with Gasteiger partial charge in [0.1, 0.15) is 5.76 Å². The van der Waals surface area contributed by atoms with E-state index in [2.05, 4.69) is 15.8 Å². The molecule has 0 bridgehead atoms. The summed E-state index contributed by atoms with van der Waals surface area (Å²) in [5.74, 6) is -0.543. The molecule has 0 saturated heterocycles. The normalized spacial score (nSPS) is 10.3. The van der Waals surface area contributed by atoms with Gasteiger partial charge in [-0.1, -0.05) is 28.4 Å². The second-order valence-corrected chi connectivity index (χ2v) is 6.25. The third kappa shape index (κ3) is 5.47. The van der Waals surface area contributed by atoms with E-state index in [4.69, 9.17) is 27.7 Å². The Morgan fingerprint density at radius 1 is 1.19 bits per heavy atom. The first-order valence-corrected chi connectivity index (χ1v) is 8.22. The first-order chi connectivity index (χ1) is 12.3. The van der Waals surface area contributed by atoms with Crippen LogP contribution in [0, 0.1) is 6.92 Å². The Bertz CT molecular complexity index is 837. The van der Waals surface area contributed by atoms with E-state index in [1.807, 2.05) is 0 Å². The molecule has 3 amide bonds. The summed E-state index contributed by atoms with van der Waals surface area (Å²) in [6.07, 6.45) is 0. The van der Waals surface area contributed by atoms with Gasteiger partial charge in [-0.05, 0) is 25.1 Å². The van der Waals surface area contributed by atoms with E-state index in [1.54, 1.807) is 13.0 Å². The highest BCUT2D eigenvalue weighted by atomic mass is 35.5. The smallest absolute Gasteiger partial charge is 0.251 e. The van der Waals surface area contributed by atoms with E-state index in [9.17, 15) is 14.4 Å². The van der Waals surface area contributed by atoms with Crippen LogP contribution < -0.4 is 10.6 Å². The van der Waals surface area contributed by atoms with Crippen LogP contribution in [-0.4, -0.2) is 47.9 Å². The Kier molecular flexibility index (Phi) is 6.59. The summed E-state index contributed by atoms with van der Waals surface area (Å²) >= 11 is 11.6. The van der Waals surface area contributed by atoms with Gasteiger partial charge in [-0.2, -0.15) is 0 Å². The number of hydrogen-bond donors (Lipinski definition) is 2. The van der Waals surface area contributed by atoms with Crippen molar-refractivity contribution in [3.63, 3.8) is 0 Å². The Balaban J connectivity index is 1.81. The fourth-order valence-corrected chi connectivity index (χ4v) is 2.24. The highest BCUT2D eigenvalue weighted by Crippen LogP contribution is 2.22. The van der Waals surface area contributed by atoms with Gasteiger partial charge in [0.2, 0.25) is 11.8 Å². The van der Waals surface area contributed by atoms with Crippen LogP contribution in [0.4, 0.5) is 5.82 Å². The largest absolute Gasteiger partial charge is 0.360 e. The zero-order valence-corrected chi connectivity index (χ0v) is 15.5. The van der Waals surface area contributed by atoms with Crippen LogP contribution in [0.15, 0.2) is 28.8 Å². The number of carbonyl (C=O) groups is 3. The fourth-order valence-electron chi connectivity index (χ4n) is 1.94. The molecular formula is C16H16Cl2N4O4. The van der Waals surface area contributed by atoms with Gasteiger partial charge in [-0.3, -0.25) is 14.4 Å². The number of likely N-dealkylation sites (N-methyl/N-ethyl adjacent to an activating group) is 1. The van der Waals surface area contributed by atoms with Crippen molar-refractivity contribution in [1.82, 2.24) is 15.4 Å². The van der Waals surface area contributed by atoms with Gasteiger partial charge in [0.15, 0.2) is 5.82 Å². The van der Waals surface area contributed by atoms with Gasteiger partial charge in [-0.15, -0.1) is 0 Å². The summed E-state index contributed by atoms with van der Waals surface area (Å²) in [6, 6.07) is 5.94. The van der Waals surface area contributed by atoms with Crippen molar-refractivity contribution >= 4 is 46.7 Å². The van der Waals surface area contributed by atoms with E-state index >= 15 is 0 Å². The number of hydrogen-bond acceptors (Lipinski definition) is 5. The molecule has 0 spiro atoms. The summed E-state index contributed by atoms with van der Waals surface area (Å²) in [6.45, 7) is 1.22. The van der Waals surface area contributed by atoms with Crippen LogP contribution in [0.5, 0.6) is 0 Å². The summed E-state index contributed by atoms with van der Waals surface area (Å²) in [7, 11) is 1.45. The van der Waals surface area contributed by atoms with E-state index in [-0.39, 0.29) is 29.5 Å². The number of halogens is 2. The maximum absolute atomic E-state index is 12.0. The predicted octanol–water partition coefficient (Wildman–Crippen LogP) is 2.12. The first kappa shape index (κ1) is 19.7. The summed E-state index contributed by atoms with van der Waals surface area (Å²) in [5.41, 5.74) is 0.272. The first-order valence-electron chi connectivity index (χ1n) is 7.46. The van der Waals surface area contributed by atoms with Gasteiger partial charge >= 0.3 is 0 Å². The van der Waals surface area contributed by atoms with Crippen LogP contribution in [-0.2, 0) is 9.59 Å². The molecule has 0 aliphatic rings. The molecule has 2 rings (SSSR count). The van der Waals surface area contributed by atoms with E-state index < -0.39 is 17.7 Å². The van der Waals surface area contributed by atoms with Crippen molar-refractivity contribution in [2.24, 2.45) is 0 Å². The SMILES string of the molecule is Cc1cc(NC(=O)CN(C)C(=O)CNC(=O)c2ccc(Cl)c(Cl)c2)no1. The molecule has 8 nitrogen and oxygen atoms in total. The monoisotopic (exact) mass is 398 g/mol. The minimum absolute atomic E-state index is 0.201. The minimum atomic E-state index is -0.479. The van der Waals surface area contributed by atoms with Crippen molar-refractivity contribution < 1.29 is 18.9 Å². The highest BCUT2D eigenvalue weighted by molar-refractivity contribution is 6.42. The Morgan fingerprint density at radius 2 is 1.92 bits per heavy atom. The molecular weight excluding hydrogens is 383 g/mol. The van der Waals surface area contributed by atoms with Crippen molar-refractivity contribution in [1.29, 1.82) is 0 Å². The molecule has 138 valence electrons. The Hall–Kier alpha value is -2.58. The highest BCUT2D eigenvalue weighted by Gasteiger charge is 2.16. The number of aryl methyl sites for hydroxylation is 1. The molecule has 2 aromatic rings. The minimum Gasteiger partial charge on any atom is -0.360 e. The molecule has 0 aliphatic heterocycles. The lowest BCUT2D eigenvalue weighted by Crippen LogP contribution is -2.41. The molecule has 0 unspecified atom stereocenters. The number of rotatable bonds is 6. The lowest BCUT2D eigenvalue weighted by atomic mass is 10.2. The number of benzene rings is 1. The number of carbonyl (C=O) groups excluding carboxylic acids is 3. The molecule has 1 heterocycles. The molecule has 1 aromatic carbocycles. The van der Waals surface area contributed by atoms with Gasteiger partial charge in [0, 0.05) is 18.7 Å². The number of amides is 3. The second kappa shape index (κ2) is 8.68. The van der Waals surface area contributed by atoms with Crippen LogP contribution >= 0.6 is 23.2 Å². The topological polar surface area (TPSA) is 105 Å². The fraction of sp³-hybridized carbons (Fsp3) is 0.250. The van der Waals surface area contributed by atoms with Gasteiger partial charge in [0.25, 0.3) is 5.91 Å². The van der Waals surface area contributed by atoms with Crippen molar-refractivity contribution in [2.75, 3.05) is 25.5 Å². The van der Waals surface area contributed by atoms with Crippen molar-refractivity contribution in [3.8, 4) is 0 Å². The number of anilines is 1. The Morgan fingerprint density at radius 3 is 2.54 bits per heavy atom. The number of aromatic nitrogens is 1. The van der Waals surface area contributed by atoms with E-state index in [1.165, 1.54) is 30.1 Å². The number of nitrogens with zero attached hydrogens (tertiary/aromatic N) is 2. The maximum atomic E-state index is 12.0. The molecule has 0 saturated carbocycles. The molecule has 0 radical (unpaired) electrons. The lowest BCUT2D eigenvalue weighted by Gasteiger charge is -2.16. The van der Waals surface area contributed by atoms with Crippen LogP contribution in [0.1, 0.15) is 16.1 Å². The zero-order valence-electron chi connectivity index (χ0n) is 14.0. The quantitative estimate of drug-likeness (QED) is 0.775. The standard InChI is InChI=1S/C16H16Cl2N4O4/c1-9-5-13(21-26-9)20-14(23)8-22(2)15(24)7-19-16(25)10-3-4-11(17)12(18)6-10/h3-6H,7-8H2,1-2H3,(H,19,25)(H,20,21,23). The van der Waals surface area contributed by atoms with Gasteiger partial charge in [-0.25, -0.2) is 0 Å². The van der Waals surface area contributed by atoms with Gasteiger partial charge in [0.05, 0.1) is 23.1 Å². The van der Waals surface area contributed by atoms with Crippen LogP contribution in [0.3, 0.4) is 0 Å². The van der Waals surface area contributed by atoms with Gasteiger partial charge < -0.3 is 20.1 Å². The third-order valence-corrected chi connectivity index (χ3v) is 4.02. The molecule has 0 aliphatic carbocycles. The Labute approximate surface area is 159 Å². The second-order valence-electron chi connectivity index (χ2n) is 5.43.